The van der Waals surface area contributed by atoms with Crippen molar-refractivity contribution in [3.63, 3.8) is 0 Å². The lowest BCUT2D eigenvalue weighted by atomic mass is 10.0. The van der Waals surface area contributed by atoms with E-state index in [4.69, 9.17) is 0 Å². The molecule has 0 saturated heterocycles. The summed E-state index contributed by atoms with van der Waals surface area (Å²) in [6, 6.07) is 10.8. The highest BCUT2D eigenvalue weighted by Gasteiger charge is 2.14. The van der Waals surface area contributed by atoms with E-state index in [1.807, 2.05) is 24.3 Å². The Morgan fingerprint density at radius 1 is 1.03 bits per heavy atom. The normalized spacial score (nSPS) is 11.4. The Kier molecular flexibility index (Phi) is 4.13. The number of hydrogen-bond donors (Lipinski definition) is 4. The van der Waals surface area contributed by atoms with Gasteiger partial charge in [0, 0.05) is 36.3 Å². The van der Waals surface area contributed by atoms with E-state index < -0.39 is 0 Å². The molecule has 0 amide bonds. The maximum Gasteiger partial charge on any atom is 0.178 e. The highest BCUT2D eigenvalue weighted by molar-refractivity contribution is 5.91. The number of aromatic amines is 3. The third-order valence-electron chi connectivity index (χ3n) is 5.31. The van der Waals surface area contributed by atoms with E-state index in [9.17, 15) is 4.39 Å². The first-order valence-electron chi connectivity index (χ1n) is 9.92. The van der Waals surface area contributed by atoms with Crippen LogP contribution in [0.5, 0.6) is 0 Å². The molecule has 6 aromatic rings. The van der Waals surface area contributed by atoms with Crippen molar-refractivity contribution in [1.29, 1.82) is 0 Å². The van der Waals surface area contributed by atoms with Crippen LogP contribution in [0.25, 0.3) is 44.7 Å². The second kappa shape index (κ2) is 7.27. The van der Waals surface area contributed by atoms with Crippen molar-refractivity contribution in [3.05, 3.63) is 72.6 Å². The Bertz CT molecular complexity index is 1550. The summed E-state index contributed by atoms with van der Waals surface area (Å²) in [5, 5.41) is 17.8. The summed E-state index contributed by atoms with van der Waals surface area (Å²) in [6.07, 6.45) is 6.78. The summed E-state index contributed by atoms with van der Waals surface area (Å²) in [6.45, 7) is 0.293. The summed E-state index contributed by atoms with van der Waals surface area (Å²) in [7, 11) is 0. The van der Waals surface area contributed by atoms with Gasteiger partial charge in [-0.2, -0.15) is 10.2 Å². The van der Waals surface area contributed by atoms with Gasteiger partial charge in [-0.05, 0) is 29.8 Å². The topological polar surface area (TPSA) is 124 Å². The van der Waals surface area contributed by atoms with E-state index in [1.165, 1.54) is 6.07 Å². The number of rotatable bonds is 5. The molecule has 0 aliphatic carbocycles. The quantitative estimate of drug-likeness (QED) is 0.331. The lowest BCUT2D eigenvalue weighted by Crippen LogP contribution is -2.02. The Morgan fingerprint density at radius 2 is 2.00 bits per heavy atom. The standard InChI is InChI=1S/C22H16FN9/c23-17-8-12(3-4-13(17)9-26-21-16-2-1-6-24-20(16)31-32-21)15-5-7-25-22-18(15)29-19(30-22)14-10-27-28-11-14/h1-8,10-11H,9H2,(H,27,28)(H,25,29,30)(H2,24,26,31,32). The van der Waals surface area contributed by atoms with Gasteiger partial charge in [-0.1, -0.05) is 12.1 Å². The molecule has 0 saturated carbocycles. The summed E-state index contributed by atoms with van der Waals surface area (Å²) in [4.78, 5) is 16.3. The molecule has 0 atom stereocenters. The summed E-state index contributed by atoms with van der Waals surface area (Å²) in [5.41, 5.74) is 4.89. The van der Waals surface area contributed by atoms with Gasteiger partial charge >= 0.3 is 0 Å². The Labute approximate surface area is 180 Å². The molecular weight excluding hydrogens is 409 g/mol. The van der Waals surface area contributed by atoms with Crippen molar-refractivity contribution >= 4 is 28.0 Å². The number of anilines is 1. The van der Waals surface area contributed by atoms with Gasteiger partial charge in [0.15, 0.2) is 17.1 Å². The average Bonchev–Trinajstić information content (AvgIpc) is 3.57. The van der Waals surface area contributed by atoms with Crippen LogP contribution in [0.3, 0.4) is 0 Å². The molecule has 32 heavy (non-hydrogen) atoms. The molecular formula is C22H16FN9. The molecule has 5 aromatic heterocycles. The van der Waals surface area contributed by atoms with Crippen LogP contribution in [0, 0.1) is 5.82 Å². The number of halogens is 1. The Hall–Kier alpha value is -4.60. The van der Waals surface area contributed by atoms with Crippen molar-refractivity contribution in [1.82, 2.24) is 40.3 Å². The first-order valence-corrected chi connectivity index (χ1v) is 9.92. The van der Waals surface area contributed by atoms with Crippen LogP contribution >= 0.6 is 0 Å². The second-order valence-corrected chi connectivity index (χ2v) is 7.26. The molecule has 5 heterocycles. The predicted molar refractivity (Wildman–Crippen MR) is 118 cm³/mol. The second-order valence-electron chi connectivity index (χ2n) is 7.26. The molecule has 156 valence electrons. The molecule has 0 fully saturated rings. The number of fused-ring (bicyclic) bond motifs is 2. The predicted octanol–water partition coefficient (Wildman–Crippen LogP) is 4.04. The van der Waals surface area contributed by atoms with E-state index in [2.05, 4.69) is 45.6 Å². The minimum atomic E-state index is -0.312. The minimum absolute atomic E-state index is 0.293. The van der Waals surface area contributed by atoms with Gasteiger partial charge < -0.3 is 10.3 Å². The number of nitrogens with one attached hydrogen (secondary N) is 4. The fraction of sp³-hybridized carbons (Fsp3) is 0.0455. The van der Waals surface area contributed by atoms with Crippen LogP contribution in [-0.2, 0) is 6.54 Å². The molecule has 9 nitrogen and oxygen atoms in total. The van der Waals surface area contributed by atoms with E-state index in [0.29, 0.717) is 35.0 Å². The minimum Gasteiger partial charge on any atom is -0.364 e. The van der Waals surface area contributed by atoms with E-state index >= 15 is 0 Å². The summed E-state index contributed by atoms with van der Waals surface area (Å²) >= 11 is 0. The van der Waals surface area contributed by atoms with Gasteiger partial charge in [0.1, 0.15) is 11.6 Å². The van der Waals surface area contributed by atoms with E-state index in [0.717, 1.165) is 27.6 Å². The number of H-pyrrole nitrogens is 3. The van der Waals surface area contributed by atoms with Crippen LogP contribution in [0.15, 0.2) is 61.2 Å². The lowest BCUT2D eigenvalue weighted by molar-refractivity contribution is 0.613. The highest BCUT2D eigenvalue weighted by Crippen LogP contribution is 2.29. The van der Waals surface area contributed by atoms with Gasteiger partial charge in [0.25, 0.3) is 0 Å². The van der Waals surface area contributed by atoms with Crippen LogP contribution in [0.2, 0.25) is 0 Å². The molecule has 0 bridgehead atoms. The van der Waals surface area contributed by atoms with E-state index in [1.54, 1.807) is 30.9 Å². The number of hydrogen-bond acceptors (Lipinski definition) is 6. The van der Waals surface area contributed by atoms with Crippen LogP contribution in [0.4, 0.5) is 10.2 Å². The third-order valence-corrected chi connectivity index (χ3v) is 5.31. The average molecular weight is 425 g/mol. The fourth-order valence-electron chi connectivity index (χ4n) is 3.70. The highest BCUT2D eigenvalue weighted by atomic mass is 19.1. The number of aromatic nitrogens is 8. The lowest BCUT2D eigenvalue weighted by Gasteiger charge is -2.08. The molecule has 0 unspecified atom stereocenters. The largest absolute Gasteiger partial charge is 0.364 e. The maximum absolute atomic E-state index is 15.0. The van der Waals surface area contributed by atoms with Crippen LogP contribution in [0.1, 0.15) is 5.56 Å². The first-order chi connectivity index (χ1) is 15.8. The summed E-state index contributed by atoms with van der Waals surface area (Å²) in [5.74, 6) is 0.972. The van der Waals surface area contributed by atoms with Crippen molar-refractivity contribution in [2.75, 3.05) is 5.32 Å². The molecule has 4 N–H and O–H groups in total. The third kappa shape index (κ3) is 3.05. The number of nitrogens with zero attached hydrogens (tertiary/aromatic N) is 5. The zero-order valence-corrected chi connectivity index (χ0v) is 16.6. The van der Waals surface area contributed by atoms with Crippen molar-refractivity contribution in [2.45, 2.75) is 6.54 Å². The number of benzene rings is 1. The van der Waals surface area contributed by atoms with Gasteiger partial charge in [-0.15, -0.1) is 0 Å². The number of imidazole rings is 1. The van der Waals surface area contributed by atoms with Crippen molar-refractivity contribution < 1.29 is 4.39 Å². The molecule has 1 aromatic carbocycles. The molecule has 6 rings (SSSR count). The zero-order chi connectivity index (χ0) is 21.5. The van der Waals surface area contributed by atoms with Gasteiger partial charge in [-0.3, -0.25) is 10.2 Å². The molecule has 0 spiro atoms. The Morgan fingerprint density at radius 3 is 2.88 bits per heavy atom. The molecule has 0 radical (unpaired) electrons. The maximum atomic E-state index is 15.0. The van der Waals surface area contributed by atoms with Gasteiger partial charge in [0.2, 0.25) is 0 Å². The fourth-order valence-corrected chi connectivity index (χ4v) is 3.70. The smallest absolute Gasteiger partial charge is 0.178 e. The van der Waals surface area contributed by atoms with E-state index in [-0.39, 0.29) is 5.82 Å². The van der Waals surface area contributed by atoms with Crippen molar-refractivity contribution in [3.8, 4) is 22.5 Å². The molecule has 0 aliphatic rings. The molecule has 10 heteroatoms. The van der Waals surface area contributed by atoms with Gasteiger partial charge in [-0.25, -0.2) is 19.3 Å². The monoisotopic (exact) mass is 425 g/mol. The van der Waals surface area contributed by atoms with Gasteiger partial charge in [0.05, 0.1) is 22.7 Å². The zero-order valence-electron chi connectivity index (χ0n) is 16.6. The van der Waals surface area contributed by atoms with Crippen molar-refractivity contribution in [2.24, 2.45) is 0 Å². The molecule has 0 aliphatic heterocycles. The number of pyridine rings is 2. The first kappa shape index (κ1) is 18.2. The summed E-state index contributed by atoms with van der Waals surface area (Å²) < 4.78 is 15.0. The Balaban J connectivity index is 1.30. The van der Waals surface area contributed by atoms with Crippen LogP contribution in [-0.4, -0.2) is 40.3 Å². The SMILES string of the molecule is Fc1cc(-c2ccnc3nc(-c4cn[nH]c4)[nH]c23)ccc1CNc1n[nH]c2ncccc12. The van der Waals surface area contributed by atoms with Crippen LogP contribution < -0.4 is 5.32 Å².